The van der Waals surface area contributed by atoms with E-state index in [9.17, 15) is 9.18 Å². The van der Waals surface area contributed by atoms with Crippen LogP contribution in [-0.4, -0.2) is 24.4 Å². The molecule has 0 bridgehead atoms. The number of likely N-dealkylation sites (N-methyl/N-ethyl adjacent to an activating group) is 1. The van der Waals surface area contributed by atoms with Gasteiger partial charge in [-0.2, -0.15) is 0 Å². The fourth-order valence-corrected chi connectivity index (χ4v) is 2.23. The summed E-state index contributed by atoms with van der Waals surface area (Å²) < 4.78 is 12.9. The predicted octanol–water partition coefficient (Wildman–Crippen LogP) is 3.46. The molecular weight excluding hydrogens is 279 g/mol. The van der Waals surface area contributed by atoms with E-state index >= 15 is 0 Å². The van der Waals surface area contributed by atoms with E-state index in [-0.39, 0.29) is 18.3 Å². The fraction of sp³-hybridized carbons (Fsp3) is 0.278. The molecule has 0 aliphatic carbocycles. The zero-order valence-corrected chi connectivity index (χ0v) is 13.0. The van der Waals surface area contributed by atoms with Crippen LogP contribution in [0, 0.1) is 5.82 Å². The Balaban J connectivity index is 1.83. The van der Waals surface area contributed by atoms with Gasteiger partial charge in [-0.1, -0.05) is 31.2 Å². The molecule has 3 nitrogen and oxygen atoms in total. The van der Waals surface area contributed by atoms with Crippen LogP contribution >= 0.6 is 0 Å². The summed E-state index contributed by atoms with van der Waals surface area (Å²) in [4.78, 5) is 13.9. The molecule has 0 aromatic heterocycles. The summed E-state index contributed by atoms with van der Waals surface area (Å²) in [5.41, 5.74) is 3.02. The van der Waals surface area contributed by atoms with Gasteiger partial charge < -0.3 is 5.32 Å². The van der Waals surface area contributed by atoms with Gasteiger partial charge in [0.1, 0.15) is 5.82 Å². The number of carbonyl (C=O) groups excluding carboxylic acids is 1. The monoisotopic (exact) mass is 300 g/mol. The van der Waals surface area contributed by atoms with Crippen molar-refractivity contribution in [3.05, 3.63) is 65.5 Å². The van der Waals surface area contributed by atoms with Gasteiger partial charge in [0.15, 0.2) is 0 Å². The third-order valence-electron chi connectivity index (χ3n) is 3.43. The second-order valence-electron chi connectivity index (χ2n) is 5.40. The molecule has 0 aliphatic heterocycles. The lowest BCUT2D eigenvalue weighted by atomic mass is 10.1. The molecule has 0 spiro atoms. The number of amides is 1. The standard InChI is InChI=1S/C18H21FN2O/c1-3-14-6-10-17(11-7-14)20-18(22)13-21(2)12-15-4-8-16(19)9-5-15/h4-11H,3,12-13H2,1-2H3,(H,20,22). The Morgan fingerprint density at radius 1 is 1.05 bits per heavy atom. The molecule has 0 unspecified atom stereocenters. The molecular formula is C18H21FN2O. The van der Waals surface area contributed by atoms with E-state index in [0.717, 1.165) is 17.7 Å². The molecule has 0 radical (unpaired) electrons. The van der Waals surface area contributed by atoms with Gasteiger partial charge in [0, 0.05) is 12.2 Å². The minimum Gasteiger partial charge on any atom is -0.325 e. The molecule has 1 N–H and O–H groups in total. The van der Waals surface area contributed by atoms with Crippen molar-refractivity contribution in [2.75, 3.05) is 18.9 Å². The Hall–Kier alpha value is -2.20. The summed E-state index contributed by atoms with van der Waals surface area (Å²) in [6.07, 6.45) is 0.981. The van der Waals surface area contributed by atoms with E-state index in [2.05, 4.69) is 12.2 Å². The van der Waals surface area contributed by atoms with Gasteiger partial charge in [-0.25, -0.2) is 4.39 Å². The number of anilines is 1. The second kappa shape index (κ2) is 7.71. The molecule has 2 aromatic carbocycles. The fourth-order valence-electron chi connectivity index (χ4n) is 2.23. The van der Waals surface area contributed by atoms with Crippen molar-refractivity contribution >= 4 is 11.6 Å². The van der Waals surface area contributed by atoms with E-state index in [4.69, 9.17) is 0 Å². The Kier molecular flexibility index (Phi) is 5.67. The van der Waals surface area contributed by atoms with Crippen molar-refractivity contribution < 1.29 is 9.18 Å². The van der Waals surface area contributed by atoms with Gasteiger partial charge >= 0.3 is 0 Å². The highest BCUT2D eigenvalue weighted by atomic mass is 19.1. The highest BCUT2D eigenvalue weighted by Gasteiger charge is 2.07. The quantitative estimate of drug-likeness (QED) is 0.886. The number of benzene rings is 2. The third kappa shape index (κ3) is 4.97. The number of nitrogens with zero attached hydrogens (tertiary/aromatic N) is 1. The number of hydrogen-bond acceptors (Lipinski definition) is 2. The minimum absolute atomic E-state index is 0.0612. The summed E-state index contributed by atoms with van der Waals surface area (Å²) in [6, 6.07) is 14.2. The topological polar surface area (TPSA) is 32.3 Å². The van der Waals surface area contributed by atoms with Crippen molar-refractivity contribution in [3.63, 3.8) is 0 Å². The van der Waals surface area contributed by atoms with Gasteiger partial charge in [-0.05, 0) is 48.9 Å². The molecule has 0 saturated heterocycles. The molecule has 0 heterocycles. The maximum atomic E-state index is 12.9. The van der Waals surface area contributed by atoms with E-state index < -0.39 is 0 Å². The van der Waals surface area contributed by atoms with Crippen LogP contribution in [0.1, 0.15) is 18.1 Å². The lowest BCUT2D eigenvalue weighted by molar-refractivity contribution is -0.117. The molecule has 0 atom stereocenters. The Bertz CT molecular complexity index is 608. The lowest BCUT2D eigenvalue weighted by Crippen LogP contribution is -2.29. The Labute approximate surface area is 130 Å². The molecule has 22 heavy (non-hydrogen) atoms. The number of aryl methyl sites for hydroxylation is 1. The third-order valence-corrected chi connectivity index (χ3v) is 3.43. The van der Waals surface area contributed by atoms with Gasteiger partial charge in [0.05, 0.1) is 6.54 Å². The molecule has 2 aromatic rings. The zero-order chi connectivity index (χ0) is 15.9. The largest absolute Gasteiger partial charge is 0.325 e. The van der Waals surface area contributed by atoms with Crippen LogP contribution in [0.4, 0.5) is 10.1 Å². The molecule has 1 amide bonds. The SMILES string of the molecule is CCc1ccc(NC(=O)CN(C)Cc2ccc(F)cc2)cc1. The molecule has 116 valence electrons. The molecule has 4 heteroatoms. The number of hydrogen-bond donors (Lipinski definition) is 1. The Morgan fingerprint density at radius 2 is 1.64 bits per heavy atom. The number of rotatable bonds is 6. The van der Waals surface area contributed by atoms with E-state index in [1.807, 2.05) is 36.2 Å². The summed E-state index contributed by atoms with van der Waals surface area (Å²) in [6.45, 7) is 2.98. The molecule has 0 fully saturated rings. The first-order chi connectivity index (χ1) is 10.6. The average molecular weight is 300 g/mol. The lowest BCUT2D eigenvalue weighted by Gasteiger charge is -2.16. The van der Waals surface area contributed by atoms with Crippen molar-refractivity contribution in [2.24, 2.45) is 0 Å². The maximum absolute atomic E-state index is 12.9. The normalized spacial score (nSPS) is 10.7. The Morgan fingerprint density at radius 3 is 2.23 bits per heavy atom. The minimum atomic E-state index is -0.250. The maximum Gasteiger partial charge on any atom is 0.238 e. The molecule has 2 rings (SSSR count). The van der Waals surface area contributed by atoms with E-state index in [1.165, 1.54) is 17.7 Å². The van der Waals surface area contributed by atoms with Crippen molar-refractivity contribution in [2.45, 2.75) is 19.9 Å². The smallest absolute Gasteiger partial charge is 0.238 e. The van der Waals surface area contributed by atoms with Crippen LogP contribution in [0.2, 0.25) is 0 Å². The summed E-state index contributed by atoms with van der Waals surface area (Å²) in [7, 11) is 1.86. The summed E-state index contributed by atoms with van der Waals surface area (Å²) >= 11 is 0. The molecule has 0 saturated carbocycles. The molecule has 0 aliphatic rings. The highest BCUT2D eigenvalue weighted by Crippen LogP contribution is 2.10. The summed E-state index contributed by atoms with van der Waals surface area (Å²) in [5, 5.41) is 2.88. The van der Waals surface area contributed by atoms with Gasteiger partial charge in [-0.15, -0.1) is 0 Å². The van der Waals surface area contributed by atoms with Crippen LogP contribution in [0.25, 0.3) is 0 Å². The van der Waals surface area contributed by atoms with E-state index in [1.54, 1.807) is 12.1 Å². The number of halogens is 1. The number of carbonyl (C=O) groups is 1. The second-order valence-corrected chi connectivity index (χ2v) is 5.40. The van der Waals surface area contributed by atoms with Crippen molar-refractivity contribution in [1.29, 1.82) is 0 Å². The highest BCUT2D eigenvalue weighted by molar-refractivity contribution is 5.92. The number of nitrogens with one attached hydrogen (secondary N) is 1. The van der Waals surface area contributed by atoms with Crippen LogP contribution in [0.3, 0.4) is 0 Å². The predicted molar refractivity (Wildman–Crippen MR) is 87.2 cm³/mol. The van der Waals surface area contributed by atoms with Crippen LogP contribution in [0.15, 0.2) is 48.5 Å². The van der Waals surface area contributed by atoms with Gasteiger partial charge in [-0.3, -0.25) is 9.69 Å². The first kappa shape index (κ1) is 16.2. The van der Waals surface area contributed by atoms with Crippen molar-refractivity contribution in [1.82, 2.24) is 4.90 Å². The van der Waals surface area contributed by atoms with Crippen LogP contribution < -0.4 is 5.32 Å². The van der Waals surface area contributed by atoms with Crippen LogP contribution in [-0.2, 0) is 17.8 Å². The van der Waals surface area contributed by atoms with Crippen LogP contribution in [0.5, 0.6) is 0 Å². The van der Waals surface area contributed by atoms with Gasteiger partial charge in [0.2, 0.25) is 5.91 Å². The average Bonchev–Trinajstić information content (AvgIpc) is 2.50. The zero-order valence-electron chi connectivity index (χ0n) is 13.0. The van der Waals surface area contributed by atoms with Gasteiger partial charge in [0.25, 0.3) is 0 Å². The van der Waals surface area contributed by atoms with Crippen molar-refractivity contribution in [3.8, 4) is 0 Å². The summed E-state index contributed by atoms with van der Waals surface area (Å²) in [5.74, 6) is -0.312. The first-order valence-corrected chi connectivity index (χ1v) is 7.38. The first-order valence-electron chi connectivity index (χ1n) is 7.38. The van der Waals surface area contributed by atoms with E-state index in [0.29, 0.717) is 6.54 Å².